The lowest BCUT2D eigenvalue weighted by molar-refractivity contribution is 0.233. The molecule has 0 radical (unpaired) electrons. The van der Waals surface area contributed by atoms with Crippen LogP contribution in [0, 0.1) is 0 Å². The largest absolute Gasteiger partial charge is 0.330 e. The summed E-state index contributed by atoms with van der Waals surface area (Å²) in [5.41, 5.74) is 7.05. The molecule has 0 amide bonds. The molecule has 0 bridgehead atoms. The standard InChI is InChI=1S/C10H20N2/c1-9(2)12-7-3-4-10(8-12)5-6-11/h4,9H,3,5-8,11H2,1-2H3. The van der Waals surface area contributed by atoms with Crippen molar-refractivity contribution in [2.75, 3.05) is 19.6 Å². The topological polar surface area (TPSA) is 29.3 Å². The predicted molar refractivity (Wildman–Crippen MR) is 53.1 cm³/mol. The first kappa shape index (κ1) is 9.75. The van der Waals surface area contributed by atoms with Crippen LogP contribution in [0.4, 0.5) is 0 Å². The fourth-order valence-corrected chi connectivity index (χ4v) is 1.65. The third-order valence-electron chi connectivity index (χ3n) is 2.45. The van der Waals surface area contributed by atoms with E-state index in [1.54, 1.807) is 0 Å². The van der Waals surface area contributed by atoms with Gasteiger partial charge in [0.15, 0.2) is 0 Å². The number of hydrogen-bond acceptors (Lipinski definition) is 2. The van der Waals surface area contributed by atoms with Gasteiger partial charge in [0.1, 0.15) is 0 Å². The summed E-state index contributed by atoms with van der Waals surface area (Å²) in [5, 5.41) is 0. The van der Waals surface area contributed by atoms with Crippen LogP contribution in [0.1, 0.15) is 26.7 Å². The normalized spacial score (nSPS) is 19.8. The minimum atomic E-state index is 0.673. The second kappa shape index (κ2) is 4.63. The molecule has 1 rings (SSSR count). The van der Waals surface area contributed by atoms with E-state index in [0.717, 1.165) is 19.5 Å². The van der Waals surface area contributed by atoms with Crippen molar-refractivity contribution in [3.8, 4) is 0 Å². The van der Waals surface area contributed by atoms with E-state index in [9.17, 15) is 0 Å². The van der Waals surface area contributed by atoms with Crippen molar-refractivity contribution in [1.29, 1.82) is 0 Å². The van der Waals surface area contributed by atoms with Crippen LogP contribution < -0.4 is 5.73 Å². The van der Waals surface area contributed by atoms with Gasteiger partial charge in [-0.1, -0.05) is 11.6 Å². The molecule has 0 atom stereocenters. The van der Waals surface area contributed by atoms with Gasteiger partial charge in [0.25, 0.3) is 0 Å². The lowest BCUT2D eigenvalue weighted by Crippen LogP contribution is -2.36. The molecule has 0 aromatic carbocycles. The molecular formula is C10H20N2. The molecule has 1 aliphatic rings. The van der Waals surface area contributed by atoms with E-state index >= 15 is 0 Å². The van der Waals surface area contributed by atoms with Crippen LogP contribution in [0.15, 0.2) is 11.6 Å². The molecule has 1 heterocycles. The van der Waals surface area contributed by atoms with E-state index in [0.29, 0.717) is 6.04 Å². The Balaban J connectivity index is 2.42. The number of rotatable bonds is 3. The molecule has 1 aliphatic heterocycles. The van der Waals surface area contributed by atoms with Crippen LogP contribution in [0.5, 0.6) is 0 Å². The molecule has 0 unspecified atom stereocenters. The van der Waals surface area contributed by atoms with E-state index in [-0.39, 0.29) is 0 Å². The quantitative estimate of drug-likeness (QED) is 0.645. The van der Waals surface area contributed by atoms with Gasteiger partial charge < -0.3 is 5.73 Å². The maximum atomic E-state index is 5.52. The Morgan fingerprint density at radius 2 is 2.33 bits per heavy atom. The predicted octanol–water partition coefficient (Wildman–Crippen LogP) is 1.38. The fraction of sp³-hybridized carbons (Fsp3) is 0.800. The fourth-order valence-electron chi connectivity index (χ4n) is 1.65. The van der Waals surface area contributed by atoms with Crippen molar-refractivity contribution in [2.45, 2.75) is 32.7 Å². The molecular weight excluding hydrogens is 148 g/mol. The molecule has 0 saturated carbocycles. The van der Waals surface area contributed by atoms with Crippen LogP contribution in [0.3, 0.4) is 0 Å². The van der Waals surface area contributed by atoms with Crippen LogP contribution in [0.2, 0.25) is 0 Å². The van der Waals surface area contributed by atoms with Crippen LogP contribution in [0.25, 0.3) is 0 Å². The summed E-state index contributed by atoms with van der Waals surface area (Å²) in [4.78, 5) is 2.50. The Kier molecular flexibility index (Phi) is 3.76. The zero-order valence-corrected chi connectivity index (χ0v) is 8.21. The third kappa shape index (κ3) is 2.61. The van der Waals surface area contributed by atoms with E-state index in [1.165, 1.54) is 18.5 Å². The summed E-state index contributed by atoms with van der Waals surface area (Å²) in [7, 11) is 0. The van der Waals surface area contributed by atoms with E-state index in [4.69, 9.17) is 5.73 Å². The van der Waals surface area contributed by atoms with Gasteiger partial charge in [-0.05, 0) is 33.2 Å². The Hall–Kier alpha value is -0.340. The summed E-state index contributed by atoms with van der Waals surface area (Å²) in [6, 6.07) is 0.673. The molecule has 0 fully saturated rings. The molecule has 0 aromatic rings. The smallest absolute Gasteiger partial charge is 0.0196 e. The summed E-state index contributed by atoms with van der Waals surface area (Å²) in [5.74, 6) is 0. The summed E-state index contributed by atoms with van der Waals surface area (Å²) in [6.07, 6.45) is 4.63. The highest BCUT2D eigenvalue weighted by atomic mass is 15.1. The van der Waals surface area contributed by atoms with Gasteiger partial charge in [-0.2, -0.15) is 0 Å². The first-order valence-electron chi connectivity index (χ1n) is 4.86. The second-order valence-corrected chi connectivity index (χ2v) is 3.75. The molecule has 0 aliphatic carbocycles. The number of hydrogen-bond donors (Lipinski definition) is 1. The maximum absolute atomic E-state index is 5.52. The van der Waals surface area contributed by atoms with Crippen LogP contribution in [-0.2, 0) is 0 Å². The van der Waals surface area contributed by atoms with E-state index in [1.807, 2.05) is 0 Å². The molecule has 2 heteroatoms. The minimum Gasteiger partial charge on any atom is -0.330 e. The summed E-state index contributed by atoms with van der Waals surface area (Å²) in [6.45, 7) is 7.65. The van der Waals surface area contributed by atoms with Gasteiger partial charge in [-0.15, -0.1) is 0 Å². The average molecular weight is 168 g/mol. The van der Waals surface area contributed by atoms with Crippen LogP contribution in [-0.4, -0.2) is 30.6 Å². The van der Waals surface area contributed by atoms with Gasteiger partial charge in [-0.3, -0.25) is 4.90 Å². The first-order valence-corrected chi connectivity index (χ1v) is 4.86. The monoisotopic (exact) mass is 168 g/mol. The van der Waals surface area contributed by atoms with Crippen molar-refractivity contribution in [1.82, 2.24) is 4.90 Å². The van der Waals surface area contributed by atoms with E-state index < -0.39 is 0 Å². The Labute approximate surface area is 75.4 Å². The van der Waals surface area contributed by atoms with Crippen molar-refractivity contribution in [2.24, 2.45) is 5.73 Å². The van der Waals surface area contributed by atoms with Gasteiger partial charge in [0, 0.05) is 19.1 Å². The highest BCUT2D eigenvalue weighted by Crippen LogP contribution is 2.14. The molecule has 0 aromatic heterocycles. The maximum Gasteiger partial charge on any atom is 0.0196 e. The lowest BCUT2D eigenvalue weighted by Gasteiger charge is -2.30. The summed E-state index contributed by atoms with van der Waals surface area (Å²) < 4.78 is 0. The zero-order valence-electron chi connectivity index (χ0n) is 8.21. The van der Waals surface area contributed by atoms with Crippen molar-refractivity contribution in [3.63, 3.8) is 0 Å². The van der Waals surface area contributed by atoms with Crippen LogP contribution >= 0.6 is 0 Å². The number of nitrogens with two attached hydrogens (primary N) is 1. The minimum absolute atomic E-state index is 0.673. The molecule has 0 saturated heterocycles. The molecule has 0 spiro atoms. The third-order valence-corrected chi connectivity index (χ3v) is 2.45. The molecule has 2 nitrogen and oxygen atoms in total. The van der Waals surface area contributed by atoms with Gasteiger partial charge in [0.2, 0.25) is 0 Å². The Morgan fingerprint density at radius 1 is 1.58 bits per heavy atom. The van der Waals surface area contributed by atoms with Crippen molar-refractivity contribution in [3.05, 3.63) is 11.6 Å². The van der Waals surface area contributed by atoms with Crippen molar-refractivity contribution >= 4 is 0 Å². The zero-order chi connectivity index (χ0) is 8.97. The molecule has 2 N–H and O–H groups in total. The highest BCUT2D eigenvalue weighted by molar-refractivity contribution is 5.08. The Bertz CT molecular complexity index is 161. The number of nitrogens with zero attached hydrogens (tertiary/aromatic N) is 1. The molecule has 12 heavy (non-hydrogen) atoms. The molecule has 70 valence electrons. The van der Waals surface area contributed by atoms with Gasteiger partial charge in [-0.25, -0.2) is 0 Å². The van der Waals surface area contributed by atoms with E-state index in [2.05, 4.69) is 24.8 Å². The van der Waals surface area contributed by atoms with Crippen molar-refractivity contribution < 1.29 is 0 Å². The highest BCUT2D eigenvalue weighted by Gasteiger charge is 2.13. The second-order valence-electron chi connectivity index (χ2n) is 3.75. The summed E-state index contributed by atoms with van der Waals surface area (Å²) >= 11 is 0. The average Bonchev–Trinajstić information content (AvgIpc) is 2.05. The lowest BCUT2D eigenvalue weighted by atomic mass is 10.1. The SMILES string of the molecule is CC(C)N1CCC=C(CCN)C1. The van der Waals surface area contributed by atoms with Gasteiger partial charge in [0.05, 0.1) is 0 Å². The first-order chi connectivity index (χ1) is 5.74. The Morgan fingerprint density at radius 3 is 2.92 bits per heavy atom. The van der Waals surface area contributed by atoms with Gasteiger partial charge >= 0.3 is 0 Å².